The van der Waals surface area contributed by atoms with Gasteiger partial charge in [0.15, 0.2) is 11.5 Å². The quantitative estimate of drug-likeness (QED) is 0.485. The summed E-state index contributed by atoms with van der Waals surface area (Å²) in [5.74, 6) is 1.88. The molecule has 1 amide bonds. The number of nitrogens with one attached hydrogen (secondary N) is 1. The Morgan fingerprint density at radius 1 is 1.09 bits per heavy atom. The van der Waals surface area contributed by atoms with Gasteiger partial charge in [0.25, 0.3) is 0 Å². The van der Waals surface area contributed by atoms with Crippen molar-refractivity contribution in [3.8, 4) is 11.5 Å². The zero-order chi connectivity index (χ0) is 24.2. The molecule has 3 rings (SSSR count). The van der Waals surface area contributed by atoms with Crippen LogP contribution < -0.4 is 14.8 Å². The molecule has 0 spiro atoms. The fourth-order valence-corrected chi connectivity index (χ4v) is 4.50. The molecule has 33 heavy (non-hydrogen) atoms. The molecule has 0 fully saturated rings. The fourth-order valence-electron chi connectivity index (χ4n) is 3.58. The molecule has 0 aliphatic carbocycles. The molecule has 0 radical (unpaired) electrons. The molecule has 2 aromatic carbocycles. The van der Waals surface area contributed by atoms with E-state index in [-0.39, 0.29) is 17.2 Å². The van der Waals surface area contributed by atoms with Crippen molar-refractivity contribution in [2.24, 2.45) is 0 Å². The lowest BCUT2D eigenvalue weighted by atomic mass is 10.2. The SMILES string of the molecule is CCn1c(CCC(=O)NCc2ccc(OC)c(OC)c2)nc2cc(S(=O)(=O)N(C)C)ccc21. The summed E-state index contributed by atoms with van der Waals surface area (Å²) in [5, 5.41) is 2.91. The number of imidazole rings is 1. The van der Waals surface area contributed by atoms with E-state index in [1.54, 1.807) is 38.5 Å². The highest BCUT2D eigenvalue weighted by atomic mass is 32.2. The zero-order valence-electron chi connectivity index (χ0n) is 19.6. The van der Waals surface area contributed by atoms with Crippen LogP contribution in [0.2, 0.25) is 0 Å². The molecule has 10 heteroatoms. The molecule has 0 unspecified atom stereocenters. The highest BCUT2D eigenvalue weighted by Gasteiger charge is 2.19. The van der Waals surface area contributed by atoms with Crippen molar-refractivity contribution < 1.29 is 22.7 Å². The van der Waals surface area contributed by atoms with Gasteiger partial charge < -0.3 is 19.4 Å². The minimum absolute atomic E-state index is 0.102. The maximum atomic E-state index is 12.5. The summed E-state index contributed by atoms with van der Waals surface area (Å²) in [6, 6.07) is 10.4. The van der Waals surface area contributed by atoms with Gasteiger partial charge in [-0.25, -0.2) is 17.7 Å². The average molecular weight is 475 g/mol. The molecule has 0 bridgehead atoms. The van der Waals surface area contributed by atoms with Crippen LogP contribution in [0.5, 0.6) is 11.5 Å². The summed E-state index contributed by atoms with van der Waals surface area (Å²) in [4.78, 5) is 17.3. The first-order valence-corrected chi connectivity index (χ1v) is 12.0. The van der Waals surface area contributed by atoms with Crippen LogP contribution in [-0.2, 0) is 34.3 Å². The molecule has 9 nitrogen and oxygen atoms in total. The van der Waals surface area contributed by atoms with Gasteiger partial charge >= 0.3 is 0 Å². The predicted octanol–water partition coefficient (Wildman–Crippen LogP) is 2.57. The number of methoxy groups -OCH3 is 2. The van der Waals surface area contributed by atoms with E-state index in [9.17, 15) is 13.2 Å². The van der Waals surface area contributed by atoms with Gasteiger partial charge in [0.2, 0.25) is 15.9 Å². The number of carbonyl (C=O) groups excluding carboxylic acids is 1. The van der Waals surface area contributed by atoms with E-state index in [0.29, 0.717) is 36.5 Å². The molecular formula is C23H30N4O5S. The number of nitrogens with zero attached hydrogens (tertiary/aromatic N) is 3. The molecule has 178 valence electrons. The number of benzene rings is 2. The minimum atomic E-state index is -3.54. The van der Waals surface area contributed by atoms with Gasteiger partial charge in [-0.15, -0.1) is 0 Å². The number of aromatic nitrogens is 2. The third kappa shape index (κ3) is 5.28. The Morgan fingerprint density at radius 3 is 2.45 bits per heavy atom. The number of hydrogen-bond donors (Lipinski definition) is 1. The number of sulfonamides is 1. The summed E-state index contributed by atoms with van der Waals surface area (Å²) in [5.41, 5.74) is 2.34. The second-order valence-electron chi connectivity index (χ2n) is 7.68. The van der Waals surface area contributed by atoms with Crippen LogP contribution in [0.15, 0.2) is 41.3 Å². The Balaban J connectivity index is 1.69. The van der Waals surface area contributed by atoms with E-state index >= 15 is 0 Å². The number of fused-ring (bicyclic) bond motifs is 1. The standard InChI is InChI=1S/C23H30N4O5S/c1-6-27-19-9-8-17(33(29,30)26(2)3)14-18(19)25-22(27)11-12-23(28)24-15-16-7-10-20(31-4)21(13-16)32-5/h7-10,13-14H,6,11-12,15H2,1-5H3,(H,24,28). The first-order valence-electron chi connectivity index (χ1n) is 10.6. The van der Waals surface area contributed by atoms with Crippen molar-refractivity contribution in [3.05, 3.63) is 47.8 Å². The van der Waals surface area contributed by atoms with Crippen LogP contribution in [0.4, 0.5) is 0 Å². The van der Waals surface area contributed by atoms with E-state index in [0.717, 1.165) is 16.9 Å². The third-order valence-electron chi connectivity index (χ3n) is 5.41. The smallest absolute Gasteiger partial charge is 0.242 e. The zero-order valence-corrected chi connectivity index (χ0v) is 20.4. The van der Waals surface area contributed by atoms with E-state index in [2.05, 4.69) is 10.3 Å². The predicted molar refractivity (Wildman–Crippen MR) is 126 cm³/mol. The monoisotopic (exact) mass is 474 g/mol. The Morgan fingerprint density at radius 2 is 1.82 bits per heavy atom. The van der Waals surface area contributed by atoms with Crippen LogP contribution in [-0.4, -0.2) is 56.5 Å². The summed E-state index contributed by atoms with van der Waals surface area (Å²) in [7, 11) is 2.59. The normalized spacial score (nSPS) is 11.7. The molecule has 1 N–H and O–H groups in total. The average Bonchev–Trinajstić information content (AvgIpc) is 3.17. The third-order valence-corrected chi connectivity index (χ3v) is 7.22. The topological polar surface area (TPSA) is 103 Å². The van der Waals surface area contributed by atoms with Crippen molar-refractivity contribution in [2.75, 3.05) is 28.3 Å². The lowest BCUT2D eigenvalue weighted by Gasteiger charge is -2.11. The first kappa shape index (κ1) is 24.5. The molecule has 0 aliphatic rings. The lowest BCUT2D eigenvalue weighted by Crippen LogP contribution is -2.23. The van der Waals surface area contributed by atoms with E-state index in [1.165, 1.54) is 18.4 Å². The van der Waals surface area contributed by atoms with Crippen LogP contribution in [0, 0.1) is 0 Å². The number of hydrogen-bond acceptors (Lipinski definition) is 6. The molecule has 0 atom stereocenters. The van der Waals surface area contributed by atoms with Gasteiger partial charge in [0, 0.05) is 40.0 Å². The first-order chi connectivity index (χ1) is 15.7. The molecule has 0 saturated carbocycles. The molecule has 1 aromatic heterocycles. The van der Waals surface area contributed by atoms with Crippen molar-refractivity contribution >= 4 is 27.0 Å². The summed E-state index contributed by atoms with van der Waals surface area (Å²) < 4.78 is 38.6. The second-order valence-corrected chi connectivity index (χ2v) is 9.83. The Bertz CT molecular complexity index is 1250. The summed E-state index contributed by atoms with van der Waals surface area (Å²) in [6.07, 6.45) is 0.704. The van der Waals surface area contributed by atoms with Gasteiger partial charge in [0.05, 0.1) is 30.1 Å². The van der Waals surface area contributed by atoms with Crippen molar-refractivity contribution in [1.82, 2.24) is 19.2 Å². The van der Waals surface area contributed by atoms with Gasteiger partial charge in [0.1, 0.15) is 5.82 Å². The van der Waals surface area contributed by atoms with Crippen molar-refractivity contribution in [2.45, 2.75) is 37.8 Å². The minimum Gasteiger partial charge on any atom is -0.493 e. The second kappa shape index (κ2) is 10.2. The van der Waals surface area contributed by atoms with Crippen LogP contribution >= 0.6 is 0 Å². The number of amides is 1. The molecule has 0 saturated heterocycles. The molecular weight excluding hydrogens is 444 g/mol. The number of rotatable bonds is 10. The van der Waals surface area contributed by atoms with Crippen molar-refractivity contribution in [1.29, 1.82) is 0 Å². The van der Waals surface area contributed by atoms with Crippen LogP contribution in [0.1, 0.15) is 24.7 Å². The van der Waals surface area contributed by atoms with Gasteiger partial charge in [-0.2, -0.15) is 0 Å². The van der Waals surface area contributed by atoms with E-state index < -0.39 is 10.0 Å². The summed E-state index contributed by atoms with van der Waals surface area (Å²) in [6.45, 7) is 3.03. The Kier molecular flexibility index (Phi) is 7.60. The summed E-state index contributed by atoms with van der Waals surface area (Å²) >= 11 is 0. The number of aryl methyl sites for hydroxylation is 2. The fraction of sp³-hybridized carbons (Fsp3) is 0.391. The molecule has 0 aliphatic heterocycles. The maximum Gasteiger partial charge on any atom is 0.242 e. The highest BCUT2D eigenvalue weighted by molar-refractivity contribution is 7.89. The lowest BCUT2D eigenvalue weighted by molar-refractivity contribution is -0.121. The number of ether oxygens (including phenoxy) is 2. The van der Waals surface area contributed by atoms with Gasteiger partial charge in [-0.3, -0.25) is 4.79 Å². The largest absolute Gasteiger partial charge is 0.493 e. The molecule has 1 heterocycles. The number of carbonyl (C=O) groups is 1. The Hall–Kier alpha value is -3.11. The van der Waals surface area contributed by atoms with Gasteiger partial charge in [-0.1, -0.05) is 6.07 Å². The van der Waals surface area contributed by atoms with Crippen molar-refractivity contribution in [3.63, 3.8) is 0 Å². The van der Waals surface area contributed by atoms with Crippen LogP contribution in [0.25, 0.3) is 11.0 Å². The van der Waals surface area contributed by atoms with Gasteiger partial charge in [-0.05, 0) is 42.8 Å². The molecule has 3 aromatic rings. The Labute approximate surface area is 194 Å². The highest BCUT2D eigenvalue weighted by Crippen LogP contribution is 2.27. The maximum absolute atomic E-state index is 12.5. The van der Waals surface area contributed by atoms with E-state index in [1.807, 2.05) is 23.6 Å². The van der Waals surface area contributed by atoms with Crippen LogP contribution in [0.3, 0.4) is 0 Å². The van der Waals surface area contributed by atoms with E-state index in [4.69, 9.17) is 9.47 Å².